The van der Waals surface area contributed by atoms with Crippen LogP contribution in [0, 0.1) is 0 Å². The van der Waals surface area contributed by atoms with E-state index in [9.17, 15) is 15.0 Å². The number of hydrogen-bond donors (Lipinski definition) is 2. The molecule has 0 fully saturated rings. The van der Waals surface area contributed by atoms with Crippen LogP contribution in [0.2, 0.25) is 0 Å². The predicted molar refractivity (Wildman–Crippen MR) is 83.0 cm³/mol. The first-order valence-corrected chi connectivity index (χ1v) is 7.42. The Kier molecular flexibility index (Phi) is 6.02. The highest BCUT2D eigenvalue weighted by Gasteiger charge is 2.32. The van der Waals surface area contributed by atoms with E-state index in [0.717, 1.165) is 10.0 Å². The zero-order valence-corrected chi connectivity index (χ0v) is 13.7. The fourth-order valence-electron chi connectivity index (χ4n) is 2.35. The number of rotatable bonds is 5. The predicted octanol–water partition coefficient (Wildman–Crippen LogP) is 3.52. The fourth-order valence-corrected chi connectivity index (χ4v) is 2.62. The SMILES string of the molecule is CC(C)(C)N(C(=O)O)[C@H](CCO)Cc1ccc(Br)cc1. The van der Waals surface area contributed by atoms with Crippen LogP contribution >= 0.6 is 15.9 Å². The lowest BCUT2D eigenvalue weighted by molar-refractivity contribution is 0.0607. The van der Waals surface area contributed by atoms with E-state index in [2.05, 4.69) is 15.9 Å². The molecule has 0 aromatic heterocycles. The van der Waals surface area contributed by atoms with Crippen molar-refractivity contribution in [2.24, 2.45) is 0 Å². The van der Waals surface area contributed by atoms with Gasteiger partial charge in [-0.2, -0.15) is 0 Å². The lowest BCUT2D eigenvalue weighted by atomic mass is 9.96. The molecule has 0 spiro atoms. The summed E-state index contributed by atoms with van der Waals surface area (Å²) in [6.07, 6.45) is 0.0740. The Balaban J connectivity index is 2.97. The van der Waals surface area contributed by atoms with Crippen molar-refractivity contribution in [1.29, 1.82) is 0 Å². The molecule has 0 saturated carbocycles. The van der Waals surface area contributed by atoms with E-state index < -0.39 is 11.6 Å². The van der Waals surface area contributed by atoms with Crippen LogP contribution in [0.15, 0.2) is 28.7 Å². The standard InChI is InChI=1S/C15H22BrNO3/c1-15(2,3)17(14(19)20)13(8-9-18)10-11-4-6-12(16)7-5-11/h4-7,13,18H,8-10H2,1-3H3,(H,19,20)/t13-/m1/s1. The van der Waals surface area contributed by atoms with E-state index in [-0.39, 0.29) is 12.6 Å². The van der Waals surface area contributed by atoms with Crippen molar-refractivity contribution < 1.29 is 15.0 Å². The molecule has 1 rings (SSSR count). The van der Waals surface area contributed by atoms with E-state index >= 15 is 0 Å². The summed E-state index contributed by atoms with van der Waals surface area (Å²) < 4.78 is 0.992. The summed E-state index contributed by atoms with van der Waals surface area (Å²) in [6, 6.07) is 7.58. The van der Waals surface area contributed by atoms with Crippen LogP contribution in [0.3, 0.4) is 0 Å². The van der Waals surface area contributed by atoms with Gasteiger partial charge in [0, 0.05) is 22.7 Å². The Morgan fingerprint density at radius 3 is 2.25 bits per heavy atom. The number of benzene rings is 1. The fraction of sp³-hybridized carbons (Fsp3) is 0.533. The molecule has 0 radical (unpaired) electrons. The van der Waals surface area contributed by atoms with Crippen molar-refractivity contribution in [2.75, 3.05) is 6.61 Å². The molecule has 0 aliphatic carbocycles. The number of aliphatic hydroxyl groups excluding tert-OH is 1. The van der Waals surface area contributed by atoms with Crippen molar-refractivity contribution in [3.63, 3.8) is 0 Å². The van der Waals surface area contributed by atoms with E-state index in [1.807, 2.05) is 45.0 Å². The van der Waals surface area contributed by atoms with E-state index in [1.54, 1.807) is 0 Å². The summed E-state index contributed by atoms with van der Waals surface area (Å²) in [5.41, 5.74) is 0.559. The molecular weight excluding hydrogens is 322 g/mol. The van der Waals surface area contributed by atoms with Crippen molar-refractivity contribution in [3.8, 4) is 0 Å². The third-order valence-corrected chi connectivity index (χ3v) is 3.67. The number of carbonyl (C=O) groups is 1. The van der Waals surface area contributed by atoms with Crippen LogP contribution in [-0.2, 0) is 6.42 Å². The monoisotopic (exact) mass is 343 g/mol. The van der Waals surface area contributed by atoms with Gasteiger partial charge in [-0.15, -0.1) is 0 Å². The van der Waals surface area contributed by atoms with E-state index in [4.69, 9.17) is 0 Å². The molecule has 112 valence electrons. The average molecular weight is 344 g/mol. The van der Waals surface area contributed by atoms with Gasteiger partial charge in [0.1, 0.15) is 0 Å². The molecule has 0 aliphatic rings. The van der Waals surface area contributed by atoms with Gasteiger partial charge in [-0.25, -0.2) is 4.79 Å². The van der Waals surface area contributed by atoms with Gasteiger partial charge in [-0.1, -0.05) is 28.1 Å². The Bertz CT molecular complexity index is 439. The summed E-state index contributed by atoms with van der Waals surface area (Å²) in [5.74, 6) is 0. The molecule has 1 aromatic carbocycles. The van der Waals surface area contributed by atoms with Crippen LogP contribution < -0.4 is 0 Å². The maximum atomic E-state index is 11.5. The lowest BCUT2D eigenvalue weighted by Crippen LogP contribution is -2.52. The Hall–Kier alpha value is -1.07. The van der Waals surface area contributed by atoms with Crippen molar-refractivity contribution in [3.05, 3.63) is 34.3 Å². The van der Waals surface area contributed by atoms with Gasteiger partial charge in [0.05, 0.1) is 0 Å². The topological polar surface area (TPSA) is 60.8 Å². The smallest absolute Gasteiger partial charge is 0.407 e. The quantitative estimate of drug-likeness (QED) is 0.859. The normalized spacial score (nSPS) is 13.1. The molecule has 1 atom stereocenters. The second-order valence-electron chi connectivity index (χ2n) is 5.82. The third-order valence-electron chi connectivity index (χ3n) is 3.14. The first-order valence-electron chi connectivity index (χ1n) is 6.63. The van der Waals surface area contributed by atoms with Gasteiger partial charge in [0.15, 0.2) is 0 Å². The molecule has 0 heterocycles. The second kappa shape index (κ2) is 7.09. The minimum atomic E-state index is -0.951. The summed E-state index contributed by atoms with van der Waals surface area (Å²) in [5, 5.41) is 18.7. The Morgan fingerprint density at radius 2 is 1.85 bits per heavy atom. The summed E-state index contributed by atoms with van der Waals surface area (Å²) in [4.78, 5) is 13.0. The van der Waals surface area contributed by atoms with Gasteiger partial charge in [-0.3, -0.25) is 0 Å². The highest BCUT2D eigenvalue weighted by Crippen LogP contribution is 2.23. The second-order valence-corrected chi connectivity index (χ2v) is 6.74. The van der Waals surface area contributed by atoms with Crippen molar-refractivity contribution in [2.45, 2.75) is 45.2 Å². The molecule has 0 bridgehead atoms. The van der Waals surface area contributed by atoms with Gasteiger partial charge >= 0.3 is 6.09 Å². The van der Waals surface area contributed by atoms with E-state index in [1.165, 1.54) is 4.90 Å². The Morgan fingerprint density at radius 1 is 1.30 bits per heavy atom. The van der Waals surface area contributed by atoms with Crippen LogP contribution in [-0.4, -0.2) is 39.4 Å². The number of nitrogens with zero attached hydrogens (tertiary/aromatic N) is 1. The Labute approximate surface area is 128 Å². The highest BCUT2D eigenvalue weighted by molar-refractivity contribution is 9.10. The molecular formula is C15H22BrNO3. The minimum Gasteiger partial charge on any atom is -0.465 e. The number of amides is 1. The maximum absolute atomic E-state index is 11.5. The average Bonchev–Trinajstić information content (AvgIpc) is 2.30. The molecule has 1 amide bonds. The lowest BCUT2D eigenvalue weighted by Gasteiger charge is -2.39. The van der Waals surface area contributed by atoms with Gasteiger partial charge in [0.2, 0.25) is 0 Å². The minimum absolute atomic E-state index is 0.0267. The van der Waals surface area contributed by atoms with E-state index in [0.29, 0.717) is 12.8 Å². The zero-order chi connectivity index (χ0) is 15.3. The molecule has 0 unspecified atom stereocenters. The summed E-state index contributed by atoms with van der Waals surface area (Å²) >= 11 is 3.38. The van der Waals surface area contributed by atoms with Crippen LogP contribution in [0.4, 0.5) is 4.79 Å². The molecule has 2 N–H and O–H groups in total. The number of aliphatic hydroxyl groups is 1. The molecule has 1 aromatic rings. The van der Waals surface area contributed by atoms with Crippen molar-refractivity contribution >= 4 is 22.0 Å². The molecule has 4 nitrogen and oxygen atoms in total. The summed E-state index contributed by atoms with van der Waals surface area (Å²) in [6.45, 7) is 5.58. The van der Waals surface area contributed by atoms with Gasteiger partial charge in [-0.05, 0) is 51.3 Å². The largest absolute Gasteiger partial charge is 0.465 e. The first-order chi connectivity index (χ1) is 9.25. The van der Waals surface area contributed by atoms with Gasteiger partial charge in [0.25, 0.3) is 0 Å². The van der Waals surface area contributed by atoms with Crippen LogP contribution in [0.5, 0.6) is 0 Å². The highest BCUT2D eigenvalue weighted by atomic mass is 79.9. The first kappa shape index (κ1) is 17.0. The third kappa shape index (κ3) is 4.80. The zero-order valence-electron chi connectivity index (χ0n) is 12.1. The van der Waals surface area contributed by atoms with Crippen molar-refractivity contribution in [1.82, 2.24) is 4.90 Å². The molecule has 0 saturated heterocycles. The summed E-state index contributed by atoms with van der Waals surface area (Å²) in [7, 11) is 0. The maximum Gasteiger partial charge on any atom is 0.407 e. The van der Waals surface area contributed by atoms with Crippen LogP contribution in [0.25, 0.3) is 0 Å². The molecule has 5 heteroatoms. The number of hydrogen-bond acceptors (Lipinski definition) is 2. The molecule has 20 heavy (non-hydrogen) atoms. The number of halogens is 1. The molecule has 0 aliphatic heterocycles. The van der Waals surface area contributed by atoms with Gasteiger partial charge < -0.3 is 15.1 Å². The number of carboxylic acid groups (broad SMARTS) is 1. The van der Waals surface area contributed by atoms with Crippen LogP contribution in [0.1, 0.15) is 32.8 Å².